The number of nitrogens with one attached hydrogen (secondary N) is 4. The van der Waals surface area contributed by atoms with Crippen molar-refractivity contribution in [1.29, 1.82) is 0 Å². The van der Waals surface area contributed by atoms with E-state index < -0.39 is 63.9 Å². The Bertz CT molecular complexity index is 1870. The van der Waals surface area contributed by atoms with Crippen LogP contribution < -0.4 is 42.4 Å². The van der Waals surface area contributed by atoms with E-state index in [1.54, 1.807) is 4.90 Å². The molecule has 2 atom stereocenters. The van der Waals surface area contributed by atoms with Crippen molar-refractivity contribution < 1.29 is 51.9 Å². The van der Waals surface area contributed by atoms with Crippen molar-refractivity contribution in [1.82, 2.24) is 35.5 Å². The third kappa shape index (κ3) is 5.12. The number of nitrogens with zero attached hydrogens (tertiary/aromatic N) is 4. The zero-order valence-corrected chi connectivity index (χ0v) is 24.8. The van der Waals surface area contributed by atoms with Gasteiger partial charge in [-0.05, 0) is 0 Å². The summed E-state index contributed by atoms with van der Waals surface area (Å²) in [7, 11) is -9.78. The predicted molar refractivity (Wildman–Crippen MR) is 152 cm³/mol. The first-order valence-corrected chi connectivity index (χ1v) is 16.0. The lowest BCUT2D eigenvalue weighted by molar-refractivity contribution is 0.102. The van der Waals surface area contributed by atoms with Crippen molar-refractivity contribution in [2.45, 2.75) is 18.9 Å². The fourth-order valence-corrected chi connectivity index (χ4v) is 6.57. The van der Waals surface area contributed by atoms with Crippen molar-refractivity contribution in [3.05, 3.63) is 56.8 Å². The number of nitrogen functional groups attached to an aromatic ring is 1. The second kappa shape index (κ2) is 10.5. The molecular formula is C20H23ClN10O12P2+2. The van der Waals surface area contributed by atoms with Crippen LogP contribution in [0.15, 0.2) is 44.8 Å². The molecule has 7 heterocycles. The number of halogens is 1. The maximum absolute atomic E-state index is 12.3. The van der Waals surface area contributed by atoms with E-state index in [-0.39, 0.29) is 40.4 Å². The normalized spacial score (nSPS) is 25.2. The van der Waals surface area contributed by atoms with Gasteiger partial charge in [0, 0.05) is 0 Å². The van der Waals surface area contributed by atoms with Crippen LogP contribution in [0, 0.1) is 0 Å². The van der Waals surface area contributed by atoms with Crippen molar-refractivity contribution in [3.63, 3.8) is 0 Å². The van der Waals surface area contributed by atoms with E-state index in [1.165, 1.54) is 0 Å². The maximum Gasteiger partial charge on any atom is 0.663 e. The van der Waals surface area contributed by atoms with Gasteiger partial charge in [0.25, 0.3) is 17.2 Å². The van der Waals surface area contributed by atoms with Gasteiger partial charge in [-0.2, -0.15) is 24.6 Å². The van der Waals surface area contributed by atoms with Gasteiger partial charge in [0.15, 0.2) is 46.7 Å². The number of nitrogens with two attached hydrogens (primary N) is 2. The number of imidazole rings is 1. The Kier molecular flexibility index (Phi) is 6.91. The molecule has 13 N–H and O–H groups in total. The van der Waals surface area contributed by atoms with Crippen molar-refractivity contribution >= 4 is 56.8 Å². The molecule has 45 heavy (non-hydrogen) atoms. The second-order valence-corrected chi connectivity index (χ2v) is 12.7. The summed E-state index contributed by atoms with van der Waals surface area (Å²) >= 11 is 6.57. The molecule has 22 nitrogen and oxygen atoms in total. The lowest BCUT2D eigenvalue weighted by Crippen LogP contribution is -2.51. The fourth-order valence-electron chi connectivity index (χ4n) is 4.74. The molecule has 0 amide bonds. The van der Waals surface area contributed by atoms with Gasteiger partial charge in [0.2, 0.25) is 17.6 Å². The van der Waals surface area contributed by atoms with Gasteiger partial charge in [-0.3, -0.25) is 24.1 Å². The zero-order valence-electron chi connectivity index (χ0n) is 22.2. The van der Waals surface area contributed by atoms with Crippen LogP contribution in [0.3, 0.4) is 0 Å². The number of aromatic amines is 1. The van der Waals surface area contributed by atoms with Crippen LogP contribution in [0.1, 0.15) is 5.76 Å². The van der Waals surface area contributed by atoms with Crippen molar-refractivity contribution in [2.75, 3.05) is 24.0 Å². The van der Waals surface area contributed by atoms with E-state index >= 15 is 0 Å². The SMILES string of the molecule is NC1=C2NCN(c3oc4c(c3Cl)O[P+](O)(O)O/C=C3/OC(n5cnc6c(=O)[nH]c(N)nc65)=C(O[P+](O)(O)OC4)[C@@H]3O)C2NCN1. The summed E-state index contributed by atoms with van der Waals surface area (Å²) in [6, 6.07) is 0. The summed E-state index contributed by atoms with van der Waals surface area (Å²) in [4.78, 5) is 67.0. The Morgan fingerprint density at radius 3 is 2.73 bits per heavy atom. The minimum Gasteiger partial charge on any atom is -0.437 e. The first-order chi connectivity index (χ1) is 21.3. The summed E-state index contributed by atoms with van der Waals surface area (Å²) in [5, 5.41) is 19.8. The van der Waals surface area contributed by atoms with Crippen LogP contribution in [0.25, 0.3) is 17.0 Å². The van der Waals surface area contributed by atoms with Crippen LogP contribution in [0.4, 0.5) is 11.8 Å². The van der Waals surface area contributed by atoms with Crippen molar-refractivity contribution in [2.24, 2.45) is 5.73 Å². The molecule has 1 saturated heterocycles. The van der Waals surface area contributed by atoms with E-state index in [4.69, 9.17) is 50.3 Å². The molecule has 0 aliphatic carbocycles. The molecule has 0 radical (unpaired) electrons. The van der Waals surface area contributed by atoms with Gasteiger partial charge >= 0.3 is 16.3 Å². The summed E-state index contributed by atoms with van der Waals surface area (Å²) in [5.41, 5.74) is 11.2. The van der Waals surface area contributed by atoms with Gasteiger partial charge < -0.3 is 41.3 Å². The Labute approximate surface area is 255 Å². The third-order valence-electron chi connectivity index (χ3n) is 6.70. The first-order valence-electron chi connectivity index (χ1n) is 12.5. The summed E-state index contributed by atoms with van der Waals surface area (Å²) in [5.74, 6) is -2.44. The number of ether oxygens (including phenoxy) is 1. The number of fused-ring (bicyclic) bond motifs is 5. The number of aliphatic hydroxyl groups excluding tert-OH is 1. The lowest BCUT2D eigenvalue weighted by Gasteiger charge is -2.28. The molecular weight excluding hydrogens is 670 g/mol. The van der Waals surface area contributed by atoms with E-state index in [0.29, 0.717) is 24.4 Å². The monoisotopic (exact) mass is 692 g/mol. The smallest absolute Gasteiger partial charge is 0.437 e. The Morgan fingerprint density at radius 2 is 1.93 bits per heavy atom. The number of rotatable bonds is 2. The zero-order chi connectivity index (χ0) is 31.8. The highest BCUT2D eigenvalue weighted by Crippen LogP contribution is 2.61. The molecule has 3 aromatic heterocycles. The maximum atomic E-state index is 12.3. The molecule has 4 aliphatic heterocycles. The predicted octanol–water partition coefficient (Wildman–Crippen LogP) is -1.76. The lowest BCUT2D eigenvalue weighted by atomic mass is 10.3. The molecule has 25 heteroatoms. The number of hydrogen-bond acceptors (Lipinski definition) is 20. The Morgan fingerprint density at radius 1 is 1.13 bits per heavy atom. The van der Waals surface area contributed by atoms with Crippen LogP contribution in [0.2, 0.25) is 5.02 Å². The topological polar surface area (TPSA) is 315 Å². The average Bonchev–Trinajstić information content (AvgIpc) is 3.72. The number of hydrogen-bond donors (Lipinski definition) is 11. The molecule has 0 aromatic carbocycles. The van der Waals surface area contributed by atoms with Gasteiger partial charge in [0.05, 0.1) is 19.0 Å². The van der Waals surface area contributed by atoms with Crippen molar-refractivity contribution in [3.8, 4) is 5.75 Å². The minimum absolute atomic E-state index is 0.0382. The number of anilines is 2. The van der Waals surface area contributed by atoms with E-state index in [2.05, 4.69) is 30.9 Å². The summed E-state index contributed by atoms with van der Waals surface area (Å²) in [6.07, 6.45) is -0.832. The Hall–Kier alpha value is -4.08. The van der Waals surface area contributed by atoms with Gasteiger partial charge in [-0.1, -0.05) is 11.6 Å². The molecule has 7 rings (SSSR count). The standard InChI is InChI=1S/C20H22ClN10O12P2/c21-8-12-7(41-18(8)30-4-26-9-14(22)24-3-25-15(9)30)2-39-45(36,37)43-13-11(32)6(1-38-44(34,35)42-12)40-19(13)31-5-27-10-16(31)28-20(23)29-17(10)33/h1,5,11,15,24-26,32,34-37H,2-4,22H2,(H2-,23,28,29,33)/q+1/p+1/b6-1+/t11-,15?/m1/s1. The van der Waals surface area contributed by atoms with Gasteiger partial charge in [-0.15, -0.1) is 4.52 Å². The fraction of sp³-hybridized carbons (Fsp3) is 0.250. The molecule has 4 aliphatic rings. The number of aliphatic hydroxyl groups is 1. The Balaban J connectivity index is 1.28. The number of H-pyrrole nitrogens is 1. The highest BCUT2D eigenvalue weighted by Gasteiger charge is 2.53. The number of furan rings is 1. The van der Waals surface area contributed by atoms with E-state index in [0.717, 1.165) is 10.9 Å². The van der Waals surface area contributed by atoms with Gasteiger partial charge in [0.1, 0.15) is 18.3 Å². The molecule has 1 unspecified atom stereocenters. The highest BCUT2D eigenvalue weighted by molar-refractivity contribution is 7.55. The highest BCUT2D eigenvalue weighted by atomic mass is 35.5. The average molecular weight is 693 g/mol. The van der Waals surface area contributed by atoms with Crippen LogP contribution >= 0.6 is 27.9 Å². The largest absolute Gasteiger partial charge is 0.663 e. The van der Waals surface area contributed by atoms with Crippen LogP contribution in [-0.4, -0.2) is 69.8 Å². The van der Waals surface area contributed by atoms with Crippen LogP contribution in [0.5, 0.6) is 5.75 Å². The van der Waals surface area contributed by atoms with E-state index in [1.807, 2.05) is 0 Å². The summed E-state index contributed by atoms with van der Waals surface area (Å²) in [6.45, 7) is -0.367. The molecule has 0 saturated carbocycles. The first kappa shape index (κ1) is 29.6. The van der Waals surface area contributed by atoms with Crippen LogP contribution in [-0.2, 0) is 24.9 Å². The number of aromatic nitrogens is 4. The molecule has 3 aromatic rings. The molecule has 240 valence electrons. The molecule has 0 spiro atoms. The summed E-state index contributed by atoms with van der Waals surface area (Å²) < 4.78 is 33.4. The quantitative estimate of drug-likeness (QED) is 0.133. The second-order valence-electron chi connectivity index (χ2n) is 9.54. The third-order valence-corrected chi connectivity index (χ3v) is 8.73. The molecule has 2 bridgehead atoms. The van der Waals surface area contributed by atoms with E-state index in [9.17, 15) is 29.5 Å². The molecule has 1 fully saturated rings. The minimum atomic E-state index is -4.91. The van der Waals surface area contributed by atoms with Gasteiger partial charge in [-0.25, -0.2) is 14.1 Å².